The van der Waals surface area contributed by atoms with E-state index in [-0.39, 0.29) is 5.91 Å². The molecular weight excluding hydrogens is 326 g/mol. The van der Waals surface area contributed by atoms with E-state index in [0.29, 0.717) is 29.8 Å². The van der Waals surface area contributed by atoms with Crippen molar-refractivity contribution in [3.05, 3.63) is 23.0 Å². The molecular formula is C15H23N7OS. The van der Waals surface area contributed by atoms with Gasteiger partial charge in [0, 0.05) is 30.9 Å². The standard InChI is InChI=1S/C15H23N7OS/c16-15-19-12(10-24-15)4-7-18-14(23)13-9-22(21-20-13)8-5-11-3-1-2-6-17-11/h9-11,17H,1-8H2,(H2,16,19)(H,18,23)/t11-/m0/s1. The van der Waals surface area contributed by atoms with Crippen molar-refractivity contribution >= 4 is 22.4 Å². The number of thiazole rings is 1. The number of piperidine rings is 1. The number of rotatable bonds is 7. The number of nitrogen functional groups attached to an aromatic ring is 1. The third-order valence-corrected chi connectivity index (χ3v) is 4.85. The molecule has 2 aromatic heterocycles. The van der Waals surface area contributed by atoms with Crippen molar-refractivity contribution in [2.45, 2.75) is 44.7 Å². The largest absolute Gasteiger partial charge is 0.375 e. The lowest BCUT2D eigenvalue weighted by molar-refractivity contribution is 0.0949. The fraction of sp³-hybridized carbons (Fsp3) is 0.600. The number of nitrogens with zero attached hydrogens (tertiary/aromatic N) is 4. The molecule has 9 heteroatoms. The molecule has 1 saturated heterocycles. The van der Waals surface area contributed by atoms with E-state index in [0.717, 1.165) is 25.2 Å². The van der Waals surface area contributed by atoms with Gasteiger partial charge in [0.05, 0.1) is 11.9 Å². The summed E-state index contributed by atoms with van der Waals surface area (Å²) in [5, 5.41) is 16.8. The highest BCUT2D eigenvalue weighted by atomic mass is 32.1. The Morgan fingerprint density at radius 3 is 3.17 bits per heavy atom. The van der Waals surface area contributed by atoms with Crippen molar-refractivity contribution in [3.8, 4) is 0 Å². The molecule has 130 valence electrons. The van der Waals surface area contributed by atoms with E-state index >= 15 is 0 Å². The van der Waals surface area contributed by atoms with Crippen LogP contribution in [0.4, 0.5) is 5.13 Å². The van der Waals surface area contributed by atoms with E-state index in [1.807, 2.05) is 5.38 Å². The monoisotopic (exact) mass is 349 g/mol. The predicted octanol–water partition coefficient (Wildman–Crippen LogP) is 0.821. The highest BCUT2D eigenvalue weighted by molar-refractivity contribution is 7.13. The van der Waals surface area contributed by atoms with E-state index < -0.39 is 0 Å². The molecule has 3 heterocycles. The summed E-state index contributed by atoms with van der Waals surface area (Å²) in [5.74, 6) is -0.208. The lowest BCUT2D eigenvalue weighted by Gasteiger charge is -2.23. The molecule has 2 aromatic rings. The molecule has 1 aliphatic heterocycles. The second kappa shape index (κ2) is 8.20. The van der Waals surface area contributed by atoms with Crippen LogP contribution in [0.1, 0.15) is 41.9 Å². The maximum Gasteiger partial charge on any atom is 0.273 e. The number of aryl methyl sites for hydroxylation is 1. The van der Waals surface area contributed by atoms with Crippen LogP contribution < -0.4 is 16.4 Å². The first-order chi connectivity index (χ1) is 11.7. The molecule has 1 fully saturated rings. The number of anilines is 1. The summed E-state index contributed by atoms with van der Waals surface area (Å²) < 4.78 is 1.74. The molecule has 1 atom stereocenters. The van der Waals surface area contributed by atoms with Crippen LogP contribution in [0, 0.1) is 0 Å². The Kier molecular flexibility index (Phi) is 5.76. The maximum absolute atomic E-state index is 12.1. The van der Waals surface area contributed by atoms with Crippen molar-refractivity contribution in [1.29, 1.82) is 0 Å². The number of hydrogen-bond donors (Lipinski definition) is 3. The zero-order valence-electron chi connectivity index (χ0n) is 13.6. The van der Waals surface area contributed by atoms with Gasteiger partial charge in [-0.15, -0.1) is 16.4 Å². The summed E-state index contributed by atoms with van der Waals surface area (Å²) >= 11 is 1.40. The number of aromatic nitrogens is 4. The quantitative estimate of drug-likeness (QED) is 0.682. The number of amides is 1. The van der Waals surface area contributed by atoms with Gasteiger partial charge in [0.1, 0.15) is 0 Å². The van der Waals surface area contributed by atoms with Crippen molar-refractivity contribution in [2.75, 3.05) is 18.8 Å². The Labute approximate surface area is 144 Å². The number of carbonyl (C=O) groups is 1. The number of carbonyl (C=O) groups excluding carboxylic acids is 1. The third kappa shape index (κ3) is 4.75. The highest BCUT2D eigenvalue weighted by Crippen LogP contribution is 2.11. The van der Waals surface area contributed by atoms with Gasteiger partial charge in [0.15, 0.2) is 10.8 Å². The van der Waals surface area contributed by atoms with E-state index in [9.17, 15) is 4.79 Å². The minimum absolute atomic E-state index is 0.208. The van der Waals surface area contributed by atoms with Crippen molar-refractivity contribution in [2.24, 2.45) is 0 Å². The van der Waals surface area contributed by atoms with Gasteiger partial charge in [-0.25, -0.2) is 4.98 Å². The molecule has 0 unspecified atom stereocenters. The van der Waals surface area contributed by atoms with Crippen LogP contribution in [-0.2, 0) is 13.0 Å². The molecule has 0 spiro atoms. The topological polar surface area (TPSA) is 111 Å². The van der Waals surface area contributed by atoms with Gasteiger partial charge in [0.2, 0.25) is 0 Å². The molecule has 1 amide bonds. The molecule has 24 heavy (non-hydrogen) atoms. The summed E-state index contributed by atoms with van der Waals surface area (Å²) in [6.45, 7) is 2.37. The van der Waals surface area contributed by atoms with Crippen LogP contribution >= 0.6 is 11.3 Å². The summed E-state index contributed by atoms with van der Waals surface area (Å²) in [5.41, 5.74) is 6.82. The Balaban J connectivity index is 1.41. The van der Waals surface area contributed by atoms with Gasteiger partial charge >= 0.3 is 0 Å². The minimum Gasteiger partial charge on any atom is -0.375 e. The average molecular weight is 349 g/mol. The first-order valence-electron chi connectivity index (χ1n) is 8.32. The fourth-order valence-electron chi connectivity index (χ4n) is 2.80. The zero-order valence-corrected chi connectivity index (χ0v) is 14.4. The van der Waals surface area contributed by atoms with Crippen molar-refractivity contribution in [1.82, 2.24) is 30.6 Å². The molecule has 0 saturated carbocycles. The van der Waals surface area contributed by atoms with E-state index in [4.69, 9.17) is 5.73 Å². The van der Waals surface area contributed by atoms with Gasteiger partial charge in [-0.2, -0.15) is 0 Å². The predicted molar refractivity (Wildman–Crippen MR) is 92.8 cm³/mol. The van der Waals surface area contributed by atoms with Crippen LogP contribution in [0.25, 0.3) is 0 Å². The van der Waals surface area contributed by atoms with Crippen LogP contribution in [-0.4, -0.2) is 45.0 Å². The van der Waals surface area contributed by atoms with Crippen LogP contribution in [0.2, 0.25) is 0 Å². The Hall–Kier alpha value is -2.00. The van der Waals surface area contributed by atoms with E-state index in [1.54, 1.807) is 10.9 Å². The van der Waals surface area contributed by atoms with Gasteiger partial charge in [-0.1, -0.05) is 11.6 Å². The normalized spacial score (nSPS) is 17.8. The van der Waals surface area contributed by atoms with Gasteiger partial charge in [-0.05, 0) is 25.8 Å². The van der Waals surface area contributed by atoms with Crippen LogP contribution in [0.5, 0.6) is 0 Å². The zero-order chi connectivity index (χ0) is 16.8. The SMILES string of the molecule is Nc1nc(CCNC(=O)c2cn(CC[C@@H]3CCCCN3)nn2)cs1. The molecule has 0 radical (unpaired) electrons. The summed E-state index contributed by atoms with van der Waals surface area (Å²) in [6.07, 6.45) is 7.13. The molecule has 3 rings (SSSR count). The Bertz CT molecular complexity index is 662. The van der Waals surface area contributed by atoms with E-state index in [1.165, 1.54) is 30.6 Å². The van der Waals surface area contributed by atoms with Crippen molar-refractivity contribution < 1.29 is 4.79 Å². The maximum atomic E-state index is 12.1. The minimum atomic E-state index is -0.208. The van der Waals surface area contributed by atoms with Gasteiger partial charge < -0.3 is 16.4 Å². The number of hydrogen-bond acceptors (Lipinski definition) is 7. The molecule has 4 N–H and O–H groups in total. The lowest BCUT2D eigenvalue weighted by atomic mass is 10.0. The number of nitrogens with two attached hydrogens (primary N) is 1. The molecule has 0 aliphatic carbocycles. The molecule has 8 nitrogen and oxygen atoms in total. The van der Waals surface area contributed by atoms with Crippen molar-refractivity contribution in [3.63, 3.8) is 0 Å². The fourth-order valence-corrected chi connectivity index (χ4v) is 3.40. The van der Waals surface area contributed by atoms with Crippen LogP contribution in [0.15, 0.2) is 11.6 Å². The number of nitrogens with one attached hydrogen (secondary N) is 2. The average Bonchev–Trinajstić information content (AvgIpc) is 3.23. The van der Waals surface area contributed by atoms with Gasteiger partial charge in [0.25, 0.3) is 5.91 Å². The highest BCUT2D eigenvalue weighted by Gasteiger charge is 2.14. The molecule has 0 bridgehead atoms. The second-order valence-electron chi connectivity index (χ2n) is 5.99. The van der Waals surface area contributed by atoms with Crippen LogP contribution in [0.3, 0.4) is 0 Å². The summed E-state index contributed by atoms with van der Waals surface area (Å²) in [7, 11) is 0. The second-order valence-corrected chi connectivity index (χ2v) is 6.88. The lowest BCUT2D eigenvalue weighted by Crippen LogP contribution is -2.34. The Morgan fingerprint density at radius 1 is 1.50 bits per heavy atom. The Morgan fingerprint density at radius 2 is 2.42 bits per heavy atom. The van der Waals surface area contributed by atoms with Gasteiger partial charge in [-0.3, -0.25) is 9.48 Å². The smallest absolute Gasteiger partial charge is 0.273 e. The molecule has 1 aliphatic rings. The first-order valence-corrected chi connectivity index (χ1v) is 9.20. The third-order valence-electron chi connectivity index (χ3n) is 4.13. The summed E-state index contributed by atoms with van der Waals surface area (Å²) in [6, 6.07) is 0.547. The summed E-state index contributed by atoms with van der Waals surface area (Å²) in [4.78, 5) is 16.2. The molecule has 0 aromatic carbocycles. The first kappa shape index (κ1) is 16.8. The van der Waals surface area contributed by atoms with E-state index in [2.05, 4.69) is 25.9 Å².